The number of carbonyl (C=O) groups is 2. The number of amides is 1. The van der Waals surface area contributed by atoms with E-state index in [1.54, 1.807) is 13.8 Å². The number of aliphatic carboxylic acids is 1. The average Bonchev–Trinajstić information content (AvgIpc) is 3.12. The van der Waals surface area contributed by atoms with E-state index in [4.69, 9.17) is 27.2 Å². The van der Waals surface area contributed by atoms with Crippen LogP contribution in [0, 0.1) is 19.7 Å². The zero-order valence-electron chi connectivity index (χ0n) is 17.6. The van der Waals surface area contributed by atoms with Crippen LogP contribution in [0.3, 0.4) is 0 Å². The summed E-state index contributed by atoms with van der Waals surface area (Å²) in [6, 6.07) is 3.64. The molecule has 1 aliphatic heterocycles. The van der Waals surface area contributed by atoms with Crippen molar-refractivity contribution in [2.24, 2.45) is 5.73 Å². The van der Waals surface area contributed by atoms with E-state index in [1.807, 2.05) is 0 Å². The molecule has 0 radical (unpaired) electrons. The number of carboxylic acids is 1. The SMILES string of the molecule is Cc1nc(C2=C(N)CN(C(=O)c3ccc(F)cc3OCCNCC(=O)O)C2)nc(C)c1Cl. The fraction of sp³-hybridized carbons (Fsp3) is 0.333. The molecule has 0 spiro atoms. The molecule has 3 rings (SSSR count). The second-order valence-electron chi connectivity index (χ2n) is 7.26. The molecule has 0 bridgehead atoms. The molecule has 1 aromatic heterocycles. The minimum Gasteiger partial charge on any atom is -0.491 e. The van der Waals surface area contributed by atoms with Gasteiger partial charge < -0.3 is 25.8 Å². The second kappa shape index (κ2) is 9.92. The largest absolute Gasteiger partial charge is 0.491 e. The van der Waals surface area contributed by atoms with E-state index in [9.17, 15) is 14.0 Å². The number of aromatic nitrogens is 2. The van der Waals surface area contributed by atoms with Crippen molar-refractivity contribution in [1.82, 2.24) is 20.2 Å². The first-order valence-corrected chi connectivity index (χ1v) is 10.2. The van der Waals surface area contributed by atoms with Crippen molar-refractivity contribution in [1.29, 1.82) is 0 Å². The molecule has 2 heterocycles. The molecule has 0 saturated carbocycles. The number of nitrogens with zero attached hydrogens (tertiary/aromatic N) is 3. The van der Waals surface area contributed by atoms with Crippen LogP contribution in [0.25, 0.3) is 5.57 Å². The number of carboxylic acid groups (broad SMARTS) is 1. The standard InChI is InChI=1S/C21H23ClFN5O4/c1-11-19(22)12(2)27-20(26-11)15-9-28(10-16(15)24)21(31)14-4-3-13(23)7-17(14)32-6-5-25-8-18(29)30/h3-4,7,25H,5-6,8-10,24H2,1-2H3,(H,29,30). The molecule has 1 aliphatic rings. The number of aryl methyl sites for hydroxylation is 2. The molecule has 9 nitrogen and oxygen atoms in total. The quantitative estimate of drug-likeness (QED) is 0.505. The van der Waals surface area contributed by atoms with E-state index in [0.29, 0.717) is 33.5 Å². The van der Waals surface area contributed by atoms with Gasteiger partial charge in [0, 0.05) is 23.9 Å². The van der Waals surface area contributed by atoms with Crippen LogP contribution < -0.4 is 15.8 Å². The highest BCUT2D eigenvalue weighted by atomic mass is 35.5. The Bertz CT molecular complexity index is 1070. The van der Waals surface area contributed by atoms with Crippen LogP contribution in [0.1, 0.15) is 27.6 Å². The number of halogens is 2. The molecule has 1 aromatic carbocycles. The molecular formula is C21H23ClFN5O4. The number of nitrogens with one attached hydrogen (secondary N) is 1. The van der Waals surface area contributed by atoms with Gasteiger partial charge in [0.25, 0.3) is 5.91 Å². The Kier molecular flexibility index (Phi) is 7.26. The molecule has 0 aliphatic carbocycles. The van der Waals surface area contributed by atoms with Crippen LogP contribution in [0.4, 0.5) is 4.39 Å². The highest BCUT2D eigenvalue weighted by Crippen LogP contribution is 2.28. The van der Waals surface area contributed by atoms with Gasteiger partial charge in [-0.3, -0.25) is 9.59 Å². The Labute approximate surface area is 189 Å². The van der Waals surface area contributed by atoms with Gasteiger partial charge in [0.1, 0.15) is 18.2 Å². The second-order valence-corrected chi connectivity index (χ2v) is 7.63. The van der Waals surface area contributed by atoms with E-state index in [-0.39, 0.29) is 50.0 Å². The maximum atomic E-state index is 13.8. The molecule has 1 amide bonds. The summed E-state index contributed by atoms with van der Waals surface area (Å²) in [5, 5.41) is 11.8. The number of rotatable bonds is 8. The highest BCUT2D eigenvalue weighted by molar-refractivity contribution is 6.31. The molecule has 0 unspecified atom stereocenters. The lowest BCUT2D eigenvalue weighted by atomic mass is 10.1. The Hall–Kier alpha value is -3.24. The number of benzene rings is 1. The first-order valence-electron chi connectivity index (χ1n) is 9.80. The molecule has 0 fully saturated rings. The van der Waals surface area contributed by atoms with E-state index in [1.165, 1.54) is 17.0 Å². The number of hydrogen-bond donors (Lipinski definition) is 3. The summed E-state index contributed by atoms with van der Waals surface area (Å²) in [4.78, 5) is 34.0. The minimum atomic E-state index is -1.00. The van der Waals surface area contributed by atoms with E-state index >= 15 is 0 Å². The number of nitrogens with two attached hydrogens (primary N) is 1. The van der Waals surface area contributed by atoms with E-state index in [0.717, 1.165) is 6.07 Å². The van der Waals surface area contributed by atoms with Gasteiger partial charge in [-0.2, -0.15) is 0 Å². The summed E-state index contributed by atoms with van der Waals surface area (Å²) in [5.41, 5.74) is 8.67. The first-order chi connectivity index (χ1) is 15.2. The summed E-state index contributed by atoms with van der Waals surface area (Å²) in [7, 11) is 0. The third-order valence-electron chi connectivity index (χ3n) is 4.82. The van der Waals surface area contributed by atoms with Crippen molar-refractivity contribution in [3.05, 3.63) is 57.5 Å². The minimum absolute atomic E-state index is 0.0554. The first kappa shape index (κ1) is 23.4. The Morgan fingerprint density at radius 3 is 2.62 bits per heavy atom. The van der Waals surface area contributed by atoms with Crippen LogP contribution in [-0.4, -0.2) is 64.6 Å². The van der Waals surface area contributed by atoms with Crippen molar-refractivity contribution < 1.29 is 23.8 Å². The van der Waals surface area contributed by atoms with Gasteiger partial charge in [-0.1, -0.05) is 11.6 Å². The zero-order chi connectivity index (χ0) is 23.4. The normalized spacial score (nSPS) is 13.6. The molecular weight excluding hydrogens is 441 g/mol. The topological polar surface area (TPSA) is 131 Å². The fourth-order valence-corrected chi connectivity index (χ4v) is 3.32. The maximum Gasteiger partial charge on any atom is 0.317 e. The van der Waals surface area contributed by atoms with Crippen LogP contribution in [0.5, 0.6) is 5.75 Å². The summed E-state index contributed by atoms with van der Waals surface area (Å²) < 4.78 is 19.3. The molecule has 32 heavy (non-hydrogen) atoms. The lowest BCUT2D eigenvalue weighted by Gasteiger charge is -2.19. The van der Waals surface area contributed by atoms with Crippen LogP contribution in [0.2, 0.25) is 5.02 Å². The lowest BCUT2D eigenvalue weighted by Crippen LogP contribution is -2.31. The third kappa shape index (κ3) is 5.32. The van der Waals surface area contributed by atoms with Crippen molar-refractivity contribution in [3.8, 4) is 5.75 Å². The maximum absolute atomic E-state index is 13.8. The van der Waals surface area contributed by atoms with Crippen LogP contribution in [-0.2, 0) is 4.79 Å². The van der Waals surface area contributed by atoms with Gasteiger partial charge in [-0.15, -0.1) is 0 Å². The van der Waals surface area contributed by atoms with Gasteiger partial charge in [0.05, 0.1) is 41.6 Å². The van der Waals surface area contributed by atoms with Crippen molar-refractivity contribution >= 4 is 29.1 Å². The predicted octanol–water partition coefficient (Wildman–Crippen LogP) is 1.76. The fourth-order valence-electron chi connectivity index (χ4n) is 3.24. The number of carbonyl (C=O) groups excluding carboxylic acids is 1. The predicted molar refractivity (Wildman–Crippen MR) is 116 cm³/mol. The molecule has 0 saturated heterocycles. The summed E-state index contributed by atoms with van der Waals surface area (Å²) >= 11 is 6.14. The zero-order valence-corrected chi connectivity index (χ0v) is 18.4. The molecule has 2 aromatic rings. The van der Waals surface area contributed by atoms with E-state index < -0.39 is 11.8 Å². The Morgan fingerprint density at radius 1 is 1.28 bits per heavy atom. The van der Waals surface area contributed by atoms with Crippen molar-refractivity contribution in [2.75, 3.05) is 32.8 Å². The summed E-state index contributed by atoms with van der Waals surface area (Å²) in [5.74, 6) is -1.48. The van der Waals surface area contributed by atoms with Crippen molar-refractivity contribution in [3.63, 3.8) is 0 Å². The van der Waals surface area contributed by atoms with Gasteiger partial charge in [-0.25, -0.2) is 14.4 Å². The van der Waals surface area contributed by atoms with Gasteiger partial charge in [0.2, 0.25) is 0 Å². The van der Waals surface area contributed by atoms with Crippen LogP contribution >= 0.6 is 11.6 Å². The molecule has 11 heteroatoms. The smallest absolute Gasteiger partial charge is 0.317 e. The number of hydrogen-bond acceptors (Lipinski definition) is 7. The van der Waals surface area contributed by atoms with Gasteiger partial charge in [0.15, 0.2) is 5.82 Å². The van der Waals surface area contributed by atoms with Gasteiger partial charge >= 0.3 is 5.97 Å². The average molecular weight is 464 g/mol. The van der Waals surface area contributed by atoms with Crippen molar-refractivity contribution in [2.45, 2.75) is 13.8 Å². The third-order valence-corrected chi connectivity index (χ3v) is 5.37. The number of ether oxygens (including phenoxy) is 1. The van der Waals surface area contributed by atoms with Crippen LogP contribution in [0.15, 0.2) is 23.9 Å². The molecule has 4 N–H and O–H groups in total. The van der Waals surface area contributed by atoms with E-state index in [2.05, 4.69) is 15.3 Å². The van der Waals surface area contributed by atoms with Gasteiger partial charge in [-0.05, 0) is 26.0 Å². The Morgan fingerprint density at radius 2 is 1.97 bits per heavy atom. The summed E-state index contributed by atoms with van der Waals surface area (Å²) in [6.45, 7) is 3.92. The Balaban J connectivity index is 1.74. The summed E-state index contributed by atoms with van der Waals surface area (Å²) in [6.07, 6.45) is 0. The highest BCUT2D eigenvalue weighted by Gasteiger charge is 2.29. The molecule has 170 valence electrons. The lowest BCUT2D eigenvalue weighted by molar-refractivity contribution is -0.135. The molecule has 0 atom stereocenters. The monoisotopic (exact) mass is 463 g/mol.